The van der Waals surface area contributed by atoms with E-state index in [1.165, 1.54) is 6.07 Å². The second kappa shape index (κ2) is 4.28. The third kappa shape index (κ3) is 2.21. The van der Waals surface area contributed by atoms with Gasteiger partial charge in [-0.05, 0) is 13.0 Å². The normalized spacial score (nSPS) is 12.9. The van der Waals surface area contributed by atoms with Crippen molar-refractivity contribution < 1.29 is 18.1 Å². The number of halogens is 3. The molecule has 0 heterocycles. The summed E-state index contributed by atoms with van der Waals surface area (Å²) in [4.78, 5) is 0.359. The highest BCUT2D eigenvalue weighted by atomic mass is 19.1. The topological polar surface area (TPSA) is 4.44 Å². The smallest absolute Gasteiger partial charge is 0.225 e. The summed E-state index contributed by atoms with van der Waals surface area (Å²) in [6, 6.07) is 3.16. The summed E-state index contributed by atoms with van der Waals surface area (Å²) in [6.07, 6.45) is 0. The molecule has 0 spiro atoms. The van der Waals surface area contributed by atoms with Crippen molar-refractivity contribution in [3.8, 4) is 0 Å². The summed E-state index contributed by atoms with van der Waals surface area (Å²) in [6.45, 7) is 1.47. The average Bonchev–Trinajstić information content (AvgIpc) is 2.10. The first kappa shape index (κ1) is 10.1. The van der Waals surface area contributed by atoms with Gasteiger partial charge in [-0.2, -0.15) is 4.39 Å². The Hall–Kier alpha value is -1.03. The van der Waals surface area contributed by atoms with Gasteiger partial charge in [0.15, 0.2) is 11.5 Å². The number of nitrogens with one attached hydrogen (secondary N) is 1. The van der Waals surface area contributed by atoms with Crippen LogP contribution in [0.15, 0.2) is 18.2 Å². The summed E-state index contributed by atoms with van der Waals surface area (Å²) < 4.78 is 37.8. The molecule has 0 bridgehead atoms. The maximum absolute atomic E-state index is 13.0. The van der Waals surface area contributed by atoms with Crippen molar-refractivity contribution in [2.45, 2.75) is 6.92 Å². The third-order valence-electron chi connectivity index (χ3n) is 1.90. The van der Waals surface area contributed by atoms with Gasteiger partial charge in [-0.25, -0.2) is 8.78 Å². The Kier molecular flexibility index (Phi) is 3.31. The van der Waals surface area contributed by atoms with Crippen LogP contribution in [0, 0.1) is 11.6 Å². The zero-order chi connectivity index (χ0) is 9.84. The molecule has 1 aromatic carbocycles. The fraction of sp³-hybridized carbons (Fsp3) is 0.333. The van der Waals surface area contributed by atoms with Gasteiger partial charge < -0.3 is 0 Å². The standard InChI is InChI=1S/C9H10F3N/c1-2-13(6-10)9-4-3-7(11)5-8(9)12/h3-5H,2,6H2,1H3/p+1. The molecule has 0 aliphatic carbocycles. The van der Waals surface area contributed by atoms with Crippen molar-refractivity contribution in [1.29, 1.82) is 0 Å². The van der Waals surface area contributed by atoms with Crippen LogP contribution in [0.1, 0.15) is 6.92 Å². The number of alkyl halides is 1. The summed E-state index contributed by atoms with van der Waals surface area (Å²) in [5.41, 5.74) is 0.173. The minimum Gasteiger partial charge on any atom is -0.274 e. The monoisotopic (exact) mass is 190 g/mol. The average molecular weight is 190 g/mol. The molecule has 0 fully saturated rings. The van der Waals surface area contributed by atoms with Crippen LogP contribution >= 0.6 is 0 Å². The van der Waals surface area contributed by atoms with Gasteiger partial charge in [-0.1, -0.05) is 0 Å². The Labute approximate surface area is 74.8 Å². The van der Waals surface area contributed by atoms with E-state index in [9.17, 15) is 13.2 Å². The van der Waals surface area contributed by atoms with Crippen LogP contribution in [0.4, 0.5) is 18.9 Å². The number of hydrogen-bond donors (Lipinski definition) is 1. The third-order valence-corrected chi connectivity index (χ3v) is 1.90. The largest absolute Gasteiger partial charge is 0.274 e. The molecule has 4 heteroatoms. The lowest BCUT2D eigenvalue weighted by Gasteiger charge is -2.12. The number of hydrogen-bond acceptors (Lipinski definition) is 0. The lowest BCUT2D eigenvalue weighted by molar-refractivity contribution is -0.846. The van der Waals surface area contributed by atoms with Crippen LogP contribution < -0.4 is 4.90 Å². The molecule has 0 radical (unpaired) electrons. The highest BCUT2D eigenvalue weighted by Gasteiger charge is 2.14. The van der Waals surface area contributed by atoms with Gasteiger partial charge in [-0.3, -0.25) is 4.90 Å². The lowest BCUT2D eigenvalue weighted by Crippen LogP contribution is -3.06. The minimum absolute atomic E-state index is 0.173. The highest BCUT2D eigenvalue weighted by Crippen LogP contribution is 2.10. The molecular weight excluding hydrogens is 179 g/mol. The van der Waals surface area contributed by atoms with Crippen molar-refractivity contribution >= 4 is 5.69 Å². The fourth-order valence-corrected chi connectivity index (χ4v) is 1.13. The lowest BCUT2D eigenvalue weighted by atomic mass is 10.3. The number of rotatable bonds is 3. The van der Waals surface area contributed by atoms with E-state index in [-0.39, 0.29) is 5.69 Å². The Balaban J connectivity index is 2.99. The van der Waals surface area contributed by atoms with Crippen LogP contribution in [0.3, 0.4) is 0 Å². The van der Waals surface area contributed by atoms with Gasteiger partial charge in [0.05, 0.1) is 6.54 Å². The quantitative estimate of drug-likeness (QED) is 0.688. The van der Waals surface area contributed by atoms with Crippen molar-refractivity contribution in [3.05, 3.63) is 29.8 Å². The van der Waals surface area contributed by atoms with Gasteiger partial charge in [-0.15, -0.1) is 0 Å². The van der Waals surface area contributed by atoms with Crippen molar-refractivity contribution in [3.63, 3.8) is 0 Å². The molecule has 0 saturated heterocycles. The zero-order valence-corrected chi connectivity index (χ0v) is 7.28. The SMILES string of the molecule is CC[NH+](CF)c1ccc(F)cc1F. The maximum Gasteiger partial charge on any atom is 0.225 e. The zero-order valence-electron chi connectivity index (χ0n) is 7.28. The molecular formula is C9H11F3N+. The van der Waals surface area contributed by atoms with Gasteiger partial charge in [0.25, 0.3) is 0 Å². The molecule has 0 aromatic heterocycles. The Morgan fingerprint density at radius 1 is 1.31 bits per heavy atom. The molecule has 1 rings (SSSR count). The first-order valence-electron chi connectivity index (χ1n) is 4.05. The summed E-state index contributed by atoms with van der Waals surface area (Å²) >= 11 is 0. The molecule has 1 nitrogen and oxygen atoms in total. The molecule has 0 aliphatic rings. The second-order valence-electron chi connectivity index (χ2n) is 2.71. The number of benzene rings is 1. The molecule has 0 aliphatic heterocycles. The predicted molar refractivity (Wildman–Crippen MR) is 43.5 cm³/mol. The maximum atomic E-state index is 13.0. The van der Waals surface area contributed by atoms with Crippen molar-refractivity contribution in [2.24, 2.45) is 0 Å². The molecule has 13 heavy (non-hydrogen) atoms. The molecule has 0 saturated carbocycles. The Bertz CT molecular complexity index is 284. The van der Waals surface area contributed by atoms with E-state index in [1.54, 1.807) is 6.92 Å². The Morgan fingerprint density at radius 3 is 2.46 bits per heavy atom. The first-order valence-corrected chi connectivity index (χ1v) is 4.05. The summed E-state index contributed by atoms with van der Waals surface area (Å²) in [5.74, 6) is -1.34. The first-order chi connectivity index (χ1) is 6.19. The minimum atomic E-state index is -0.700. The Morgan fingerprint density at radius 2 is 2.00 bits per heavy atom. The molecule has 1 N–H and O–H groups in total. The van der Waals surface area contributed by atoms with E-state index in [1.807, 2.05) is 0 Å². The highest BCUT2D eigenvalue weighted by molar-refractivity contribution is 5.30. The number of quaternary nitrogens is 1. The summed E-state index contributed by atoms with van der Waals surface area (Å²) in [7, 11) is 0. The van der Waals surface area contributed by atoms with Crippen LogP contribution in [0.2, 0.25) is 0 Å². The molecule has 72 valence electrons. The van der Waals surface area contributed by atoms with Crippen molar-refractivity contribution in [2.75, 3.05) is 13.3 Å². The van der Waals surface area contributed by atoms with Gasteiger partial charge in [0.1, 0.15) is 5.82 Å². The van der Waals surface area contributed by atoms with Crippen LogP contribution in [0.5, 0.6) is 0 Å². The van der Waals surface area contributed by atoms with Gasteiger partial charge >= 0.3 is 0 Å². The van der Waals surface area contributed by atoms with E-state index in [0.29, 0.717) is 11.4 Å². The van der Waals surface area contributed by atoms with Crippen LogP contribution in [0.25, 0.3) is 0 Å². The fourth-order valence-electron chi connectivity index (χ4n) is 1.13. The molecule has 1 unspecified atom stereocenters. The van der Waals surface area contributed by atoms with Crippen LogP contribution in [-0.4, -0.2) is 13.3 Å². The van der Waals surface area contributed by atoms with E-state index in [0.717, 1.165) is 12.1 Å². The van der Waals surface area contributed by atoms with Crippen LogP contribution in [-0.2, 0) is 0 Å². The van der Waals surface area contributed by atoms with Crippen molar-refractivity contribution in [1.82, 2.24) is 0 Å². The van der Waals surface area contributed by atoms with E-state index in [4.69, 9.17) is 0 Å². The van der Waals surface area contributed by atoms with Gasteiger partial charge in [0.2, 0.25) is 6.80 Å². The van der Waals surface area contributed by atoms with Gasteiger partial charge in [0, 0.05) is 12.1 Å². The molecule has 1 aromatic rings. The van der Waals surface area contributed by atoms with E-state index in [2.05, 4.69) is 0 Å². The molecule has 1 atom stereocenters. The van der Waals surface area contributed by atoms with E-state index >= 15 is 0 Å². The summed E-state index contributed by atoms with van der Waals surface area (Å²) in [5, 5.41) is 0. The predicted octanol–water partition coefficient (Wildman–Crippen LogP) is 1.43. The molecule has 0 amide bonds. The van der Waals surface area contributed by atoms with E-state index < -0.39 is 18.4 Å². The second-order valence-corrected chi connectivity index (χ2v) is 2.71.